The van der Waals surface area contributed by atoms with Crippen LogP contribution in [0.25, 0.3) is 11.1 Å². The third-order valence-corrected chi connectivity index (χ3v) is 4.47. The van der Waals surface area contributed by atoms with E-state index in [4.69, 9.17) is 0 Å². The van der Waals surface area contributed by atoms with E-state index < -0.39 is 0 Å². The molecule has 1 saturated heterocycles. The Labute approximate surface area is 125 Å². The lowest BCUT2D eigenvalue weighted by Crippen LogP contribution is -2.46. The molecular formula is C17H20N4. The van der Waals surface area contributed by atoms with Crippen molar-refractivity contribution in [3.63, 3.8) is 0 Å². The fraction of sp³-hybridized carbons (Fsp3) is 0.353. The van der Waals surface area contributed by atoms with Crippen LogP contribution in [-0.2, 0) is 0 Å². The Kier molecular flexibility index (Phi) is 3.24. The van der Waals surface area contributed by atoms with Crippen LogP contribution in [0.1, 0.15) is 12.8 Å². The van der Waals surface area contributed by atoms with Crippen molar-refractivity contribution in [1.29, 1.82) is 0 Å². The zero-order valence-electron chi connectivity index (χ0n) is 12.0. The highest BCUT2D eigenvalue weighted by atomic mass is 15.3. The molecule has 0 aliphatic carbocycles. The molecular weight excluding hydrogens is 260 g/mol. The molecule has 1 fully saturated rings. The quantitative estimate of drug-likeness (QED) is 0.887. The highest BCUT2D eigenvalue weighted by molar-refractivity contribution is 5.81. The molecule has 4 rings (SSSR count). The Morgan fingerprint density at radius 2 is 2.00 bits per heavy atom. The Bertz CT molecular complexity index is 620. The van der Waals surface area contributed by atoms with Gasteiger partial charge in [0.15, 0.2) is 0 Å². The molecule has 1 atom stereocenters. The number of hydrogen-bond acceptors (Lipinski definition) is 4. The zero-order chi connectivity index (χ0) is 14.1. The molecule has 0 spiro atoms. The van der Waals surface area contributed by atoms with E-state index in [0.29, 0.717) is 6.04 Å². The van der Waals surface area contributed by atoms with Crippen molar-refractivity contribution in [2.24, 2.45) is 0 Å². The van der Waals surface area contributed by atoms with Gasteiger partial charge in [-0.3, -0.25) is 4.98 Å². The summed E-state index contributed by atoms with van der Waals surface area (Å²) < 4.78 is 0. The van der Waals surface area contributed by atoms with Crippen LogP contribution in [0.2, 0.25) is 0 Å². The van der Waals surface area contributed by atoms with Crippen LogP contribution >= 0.6 is 0 Å². The number of piperidine rings is 1. The average Bonchev–Trinajstić information content (AvgIpc) is 2.99. The van der Waals surface area contributed by atoms with Crippen LogP contribution < -0.4 is 15.5 Å². The maximum atomic E-state index is 4.10. The van der Waals surface area contributed by atoms with Gasteiger partial charge < -0.3 is 15.5 Å². The minimum absolute atomic E-state index is 0.597. The van der Waals surface area contributed by atoms with Gasteiger partial charge in [-0.15, -0.1) is 0 Å². The van der Waals surface area contributed by atoms with E-state index >= 15 is 0 Å². The van der Waals surface area contributed by atoms with Gasteiger partial charge in [0.05, 0.1) is 18.0 Å². The molecule has 21 heavy (non-hydrogen) atoms. The highest BCUT2D eigenvalue weighted by Crippen LogP contribution is 2.37. The van der Waals surface area contributed by atoms with Gasteiger partial charge in [-0.25, -0.2) is 0 Å². The van der Waals surface area contributed by atoms with Crippen molar-refractivity contribution in [2.75, 3.05) is 30.0 Å². The van der Waals surface area contributed by atoms with Gasteiger partial charge in [0.2, 0.25) is 0 Å². The van der Waals surface area contributed by atoms with Crippen LogP contribution in [0.15, 0.2) is 42.7 Å². The lowest BCUT2D eigenvalue weighted by molar-refractivity contribution is 0.439. The van der Waals surface area contributed by atoms with Crippen molar-refractivity contribution in [3.05, 3.63) is 42.7 Å². The first-order valence-electron chi connectivity index (χ1n) is 7.67. The van der Waals surface area contributed by atoms with Gasteiger partial charge in [0, 0.05) is 25.0 Å². The average molecular weight is 280 g/mol. The van der Waals surface area contributed by atoms with Gasteiger partial charge in [-0.2, -0.15) is 0 Å². The normalized spacial score (nSPS) is 21.0. The van der Waals surface area contributed by atoms with Crippen molar-refractivity contribution < 1.29 is 0 Å². The molecule has 1 aromatic carbocycles. The predicted octanol–water partition coefficient (Wildman–Crippen LogP) is 2.69. The summed E-state index contributed by atoms with van der Waals surface area (Å²) >= 11 is 0. The van der Waals surface area contributed by atoms with Gasteiger partial charge >= 0.3 is 0 Å². The van der Waals surface area contributed by atoms with Crippen LogP contribution in [0.3, 0.4) is 0 Å². The molecule has 2 aromatic rings. The zero-order valence-corrected chi connectivity index (χ0v) is 12.0. The number of hydrogen-bond donors (Lipinski definition) is 2. The number of pyridine rings is 1. The first kappa shape index (κ1) is 12.7. The minimum Gasteiger partial charge on any atom is -0.366 e. The van der Waals surface area contributed by atoms with Crippen LogP contribution in [-0.4, -0.2) is 30.8 Å². The van der Waals surface area contributed by atoms with Gasteiger partial charge in [0.25, 0.3) is 0 Å². The molecule has 0 radical (unpaired) electrons. The van der Waals surface area contributed by atoms with E-state index in [0.717, 1.165) is 19.8 Å². The highest BCUT2D eigenvalue weighted by Gasteiger charge is 2.27. The second-order valence-electron chi connectivity index (χ2n) is 5.77. The molecule has 0 saturated carbocycles. The monoisotopic (exact) mass is 280 g/mol. The van der Waals surface area contributed by atoms with Crippen LogP contribution in [0.4, 0.5) is 11.4 Å². The Hall–Kier alpha value is -2.07. The van der Waals surface area contributed by atoms with Crippen molar-refractivity contribution in [3.8, 4) is 11.1 Å². The molecule has 108 valence electrons. The van der Waals surface area contributed by atoms with E-state index in [9.17, 15) is 0 Å². The van der Waals surface area contributed by atoms with E-state index in [1.807, 2.05) is 12.4 Å². The molecule has 4 heteroatoms. The van der Waals surface area contributed by atoms with E-state index in [1.54, 1.807) is 0 Å². The number of rotatable bonds is 2. The smallest absolute Gasteiger partial charge is 0.0881 e. The number of nitrogens with one attached hydrogen (secondary N) is 2. The summed E-state index contributed by atoms with van der Waals surface area (Å²) in [4.78, 5) is 6.61. The van der Waals surface area contributed by atoms with Crippen LogP contribution in [0.5, 0.6) is 0 Å². The summed E-state index contributed by atoms with van der Waals surface area (Å²) in [7, 11) is 0. The summed E-state index contributed by atoms with van der Waals surface area (Å²) in [6.45, 7) is 3.16. The summed E-state index contributed by atoms with van der Waals surface area (Å²) in [5.74, 6) is 0. The molecule has 1 aromatic heterocycles. The second kappa shape index (κ2) is 5.37. The number of fused-ring (bicyclic) bond motifs is 1. The maximum absolute atomic E-state index is 4.10. The lowest BCUT2D eigenvalue weighted by Gasteiger charge is -2.33. The first-order valence-corrected chi connectivity index (χ1v) is 7.67. The minimum atomic E-state index is 0.597. The molecule has 0 amide bonds. The van der Waals surface area contributed by atoms with Crippen molar-refractivity contribution in [1.82, 2.24) is 10.3 Å². The van der Waals surface area contributed by atoms with E-state index in [2.05, 4.69) is 50.8 Å². The number of nitrogens with zero attached hydrogens (tertiary/aromatic N) is 2. The molecule has 0 bridgehead atoms. The summed E-state index contributed by atoms with van der Waals surface area (Å²) in [6.07, 6.45) is 6.24. The van der Waals surface area contributed by atoms with Crippen molar-refractivity contribution in [2.45, 2.75) is 18.9 Å². The Morgan fingerprint density at radius 1 is 1.10 bits per heavy atom. The largest absolute Gasteiger partial charge is 0.366 e. The molecule has 2 aliphatic rings. The third kappa shape index (κ3) is 2.36. The lowest BCUT2D eigenvalue weighted by atomic mass is 10.0. The standard InChI is InChI=1S/C17H20N4/c1-2-15(11-19-7-1)21-12-20-16-4-3-14(10-17(16)21)13-5-8-18-9-6-13/h3-6,8-10,15,19-20H,1-2,7,11-12H2. The van der Waals surface area contributed by atoms with E-state index in [1.165, 1.54) is 35.3 Å². The topological polar surface area (TPSA) is 40.2 Å². The van der Waals surface area contributed by atoms with E-state index in [-0.39, 0.29) is 0 Å². The summed E-state index contributed by atoms with van der Waals surface area (Å²) in [5.41, 5.74) is 5.06. The fourth-order valence-corrected chi connectivity index (χ4v) is 3.32. The molecule has 4 nitrogen and oxygen atoms in total. The summed E-state index contributed by atoms with van der Waals surface area (Å²) in [5, 5.41) is 7.02. The SMILES string of the molecule is c1cc(-c2ccc3c(c2)N(C2CCCNC2)CN3)ccn1. The number of benzene rings is 1. The van der Waals surface area contributed by atoms with Gasteiger partial charge in [-0.1, -0.05) is 6.07 Å². The van der Waals surface area contributed by atoms with Crippen molar-refractivity contribution >= 4 is 11.4 Å². The number of aromatic nitrogens is 1. The Balaban J connectivity index is 1.67. The Morgan fingerprint density at radius 3 is 2.81 bits per heavy atom. The first-order chi connectivity index (χ1) is 10.4. The fourth-order valence-electron chi connectivity index (χ4n) is 3.32. The molecule has 1 unspecified atom stereocenters. The van der Waals surface area contributed by atoms with Gasteiger partial charge in [-0.05, 0) is 54.8 Å². The molecule has 2 aliphatic heterocycles. The predicted molar refractivity (Wildman–Crippen MR) is 86.5 cm³/mol. The second-order valence-corrected chi connectivity index (χ2v) is 5.77. The third-order valence-electron chi connectivity index (χ3n) is 4.47. The van der Waals surface area contributed by atoms with Gasteiger partial charge in [0.1, 0.15) is 0 Å². The summed E-state index contributed by atoms with van der Waals surface area (Å²) in [6, 6.07) is 11.4. The molecule has 3 heterocycles. The van der Waals surface area contributed by atoms with Crippen LogP contribution in [0, 0.1) is 0 Å². The maximum Gasteiger partial charge on any atom is 0.0881 e. The molecule has 2 N–H and O–H groups in total. The number of anilines is 2.